The number of hydrogen-bond donors (Lipinski definition) is 2. The van der Waals surface area contributed by atoms with Crippen molar-refractivity contribution in [3.8, 4) is 0 Å². The fraction of sp³-hybridized carbons (Fsp3) is 0.310. The smallest absolute Gasteiger partial charge is 0.358 e. The Morgan fingerprint density at radius 2 is 1.68 bits per heavy atom. The highest BCUT2D eigenvalue weighted by molar-refractivity contribution is 7.90. The fourth-order valence-corrected chi connectivity index (χ4v) is 6.52. The third-order valence-corrected chi connectivity index (χ3v) is 9.23. The summed E-state index contributed by atoms with van der Waals surface area (Å²) >= 11 is 0. The number of halogens is 3. The minimum atomic E-state index is -4.52. The zero-order chi connectivity index (χ0) is 29.7. The summed E-state index contributed by atoms with van der Waals surface area (Å²) in [7, 11) is -1.94. The number of hydrogen-bond acceptors (Lipinski definition) is 5. The number of nitrogens with one attached hydrogen (secondary N) is 2. The van der Waals surface area contributed by atoms with Crippen molar-refractivity contribution in [2.45, 2.75) is 30.7 Å². The van der Waals surface area contributed by atoms with Crippen molar-refractivity contribution in [1.82, 2.24) is 14.8 Å². The summed E-state index contributed by atoms with van der Waals surface area (Å²) in [6.07, 6.45) is -2.91. The predicted molar refractivity (Wildman–Crippen MR) is 149 cm³/mol. The topological polar surface area (TPSA) is 103 Å². The molecule has 0 bridgehead atoms. The predicted octanol–water partition coefficient (Wildman–Crippen LogP) is 4.50. The molecule has 5 rings (SSSR count). The summed E-state index contributed by atoms with van der Waals surface area (Å²) in [6, 6.07) is 8.21. The molecule has 3 aromatic rings. The Hall–Kier alpha value is -3.90. The van der Waals surface area contributed by atoms with E-state index in [1.54, 1.807) is 19.9 Å². The quantitative estimate of drug-likeness (QED) is 0.429. The van der Waals surface area contributed by atoms with Crippen LogP contribution in [0.25, 0.3) is 11.6 Å². The SMILES string of the molecule is Cc1[nH]c(C=C2C(=O)Nc3ccc(S(=O)(=O)Cc4ccc(C(F)(F)F)cc4)cc32)c(C)c1C(=O)N1CCN(C)CC1. The number of nitrogens with zero attached hydrogens (tertiary/aromatic N) is 2. The van der Waals surface area contributed by atoms with E-state index >= 15 is 0 Å². The van der Waals surface area contributed by atoms with Crippen LogP contribution in [0, 0.1) is 13.8 Å². The van der Waals surface area contributed by atoms with Gasteiger partial charge in [0.1, 0.15) is 0 Å². The number of rotatable bonds is 5. The first-order valence-corrected chi connectivity index (χ1v) is 14.6. The van der Waals surface area contributed by atoms with Crippen LogP contribution < -0.4 is 5.32 Å². The van der Waals surface area contributed by atoms with Gasteiger partial charge >= 0.3 is 6.18 Å². The molecule has 2 aliphatic heterocycles. The van der Waals surface area contributed by atoms with Crippen LogP contribution in [0.2, 0.25) is 0 Å². The summed E-state index contributed by atoms with van der Waals surface area (Å²) in [5, 5.41) is 2.73. The number of carbonyl (C=O) groups excluding carboxylic acids is 2. The van der Waals surface area contributed by atoms with Gasteiger partial charge in [0.25, 0.3) is 11.8 Å². The number of amides is 2. The molecule has 0 aliphatic carbocycles. The molecule has 0 spiro atoms. The van der Waals surface area contributed by atoms with E-state index in [1.165, 1.54) is 18.2 Å². The molecule has 2 N–H and O–H groups in total. The Balaban J connectivity index is 1.43. The molecule has 3 heterocycles. The minimum Gasteiger partial charge on any atom is -0.358 e. The van der Waals surface area contributed by atoms with Gasteiger partial charge < -0.3 is 20.1 Å². The number of alkyl halides is 3. The number of aromatic nitrogens is 1. The van der Waals surface area contributed by atoms with Crippen molar-refractivity contribution in [3.63, 3.8) is 0 Å². The monoisotopic (exact) mass is 586 g/mol. The molecule has 8 nitrogen and oxygen atoms in total. The molecule has 0 radical (unpaired) electrons. The zero-order valence-corrected chi connectivity index (χ0v) is 23.5. The van der Waals surface area contributed by atoms with E-state index in [2.05, 4.69) is 15.2 Å². The Morgan fingerprint density at radius 3 is 2.32 bits per heavy atom. The Kier molecular flexibility index (Phi) is 7.33. The van der Waals surface area contributed by atoms with Crippen LogP contribution >= 0.6 is 0 Å². The van der Waals surface area contributed by atoms with Gasteiger partial charge in [-0.3, -0.25) is 9.59 Å². The summed E-state index contributed by atoms with van der Waals surface area (Å²) in [5.74, 6) is -1.00. The molecule has 0 atom stereocenters. The second-order valence-corrected chi connectivity index (χ2v) is 12.4. The summed E-state index contributed by atoms with van der Waals surface area (Å²) in [5.41, 5.74) is 2.86. The Morgan fingerprint density at radius 1 is 1.02 bits per heavy atom. The maximum atomic E-state index is 13.3. The number of benzene rings is 2. The van der Waals surface area contributed by atoms with Crippen molar-refractivity contribution in [3.05, 3.63) is 81.7 Å². The van der Waals surface area contributed by atoms with E-state index in [9.17, 15) is 31.2 Å². The first-order valence-electron chi connectivity index (χ1n) is 13.0. The number of aromatic amines is 1. The van der Waals surface area contributed by atoms with Gasteiger partial charge in [0.15, 0.2) is 9.84 Å². The summed E-state index contributed by atoms with van der Waals surface area (Å²) in [4.78, 5) is 33.3. The van der Waals surface area contributed by atoms with E-state index < -0.39 is 33.2 Å². The first kappa shape index (κ1) is 28.6. The molecule has 2 amide bonds. The lowest BCUT2D eigenvalue weighted by Gasteiger charge is -2.32. The molecule has 0 saturated carbocycles. The second-order valence-electron chi connectivity index (χ2n) is 10.4. The number of fused-ring (bicyclic) bond motifs is 1. The van der Waals surface area contributed by atoms with Crippen molar-refractivity contribution >= 4 is 39.0 Å². The van der Waals surface area contributed by atoms with Crippen molar-refractivity contribution in [2.24, 2.45) is 0 Å². The lowest BCUT2D eigenvalue weighted by Crippen LogP contribution is -2.47. The van der Waals surface area contributed by atoms with Gasteiger partial charge in [-0.15, -0.1) is 0 Å². The standard InChI is InChI=1S/C29H29F3N4O4S/c1-17-25(33-18(2)26(17)28(38)36-12-10-35(3)11-13-36)15-23-22-14-21(8-9-24(22)34-27(23)37)41(39,40)16-19-4-6-20(7-5-19)29(30,31)32/h4-9,14-15,33H,10-13,16H2,1-3H3,(H,34,37). The normalized spacial score (nSPS) is 17.2. The number of likely N-dealkylation sites (N-methyl/N-ethyl adjacent to an activating group) is 1. The van der Waals surface area contributed by atoms with Gasteiger partial charge in [-0.2, -0.15) is 13.2 Å². The number of aryl methyl sites for hydroxylation is 1. The van der Waals surface area contributed by atoms with Crippen LogP contribution in [0.4, 0.5) is 18.9 Å². The molecule has 41 heavy (non-hydrogen) atoms. The van der Waals surface area contributed by atoms with E-state index in [4.69, 9.17) is 0 Å². The van der Waals surface area contributed by atoms with Gasteiger partial charge in [0, 0.05) is 48.8 Å². The highest BCUT2D eigenvalue weighted by Gasteiger charge is 2.31. The van der Waals surface area contributed by atoms with E-state index in [0.29, 0.717) is 46.9 Å². The van der Waals surface area contributed by atoms with Crippen molar-refractivity contribution < 1.29 is 31.2 Å². The van der Waals surface area contributed by atoms with Crippen LogP contribution in [-0.4, -0.2) is 68.2 Å². The van der Waals surface area contributed by atoms with Crippen LogP contribution in [0.3, 0.4) is 0 Å². The van der Waals surface area contributed by atoms with Crippen LogP contribution in [-0.2, 0) is 26.6 Å². The van der Waals surface area contributed by atoms with Crippen molar-refractivity contribution in [1.29, 1.82) is 0 Å². The average molecular weight is 587 g/mol. The number of carbonyl (C=O) groups is 2. The minimum absolute atomic E-state index is 0.0659. The number of sulfone groups is 1. The van der Waals surface area contributed by atoms with Gasteiger partial charge in [-0.25, -0.2) is 8.42 Å². The van der Waals surface area contributed by atoms with Crippen LogP contribution in [0.5, 0.6) is 0 Å². The largest absolute Gasteiger partial charge is 0.416 e. The van der Waals surface area contributed by atoms with Gasteiger partial charge in [0.05, 0.1) is 27.3 Å². The molecular formula is C29H29F3N4O4S. The molecule has 12 heteroatoms. The molecule has 216 valence electrons. The van der Waals surface area contributed by atoms with Gasteiger partial charge in [-0.05, 0) is 68.4 Å². The molecule has 1 saturated heterocycles. The molecule has 1 fully saturated rings. The maximum Gasteiger partial charge on any atom is 0.416 e. The van der Waals surface area contributed by atoms with E-state index in [1.807, 2.05) is 11.9 Å². The molecular weight excluding hydrogens is 557 g/mol. The molecule has 2 aromatic carbocycles. The van der Waals surface area contributed by atoms with Crippen LogP contribution in [0.15, 0.2) is 47.4 Å². The molecule has 1 aromatic heterocycles. The number of piperazine rings is 1. The third kappa shape index (κ3) is 5.66. The third-order valence-electron chi connectivity index (χ3n) is 7.54. The van der Waals surface area contributed by atoms with Crippen molar-refractivity contribution in [2.75, 3.05) is 38.5 Å². The highest BCUT2D eigenvalue weighted by Crippen LogP contribution is 2.36. The zero-order valence-electron chi connectivity index (χ0n) is 22.7. The second kappa shape index (κ2) is 10.5. The molecule has 0 unspecified atom stereocenters. The molecule has 2 aliphatic rings. The Bertz CT molecular complexity index is 1670. The lowest BCUT2D eigenvalue weighted by atomic mass is 10.0. The highest BCUT2D eigenvalue weighted by atomic mass is 32.2. The fourth-order valence-electron chi connectivity index (χ4n) is 5.15. The van der Waals surface area contributed by atoms with E-state index in [0.717, 1.165) is 37.4 Å². The first-order chi connectivity index (χ1) is 19.2. The van der Waals surface area contributed by atoms with E-state index in [-0.39, 0.29) is 21.9 Å². The lowest BCUT2D eigenvalue weighted by molar-refractivity contribution is -0.137. The van der Waals surface area contributed by atoms with Gasteiger partial charge in [0.2, 0.25) is 0 Å². The summed E-state index contributed by atoms with van der Waals surface area (Å²) < 4.78 is 65.0. The maximum absolute atomic E-state index is 13.3. The number of anilines is 1. The van der Waals surface area contributed by atoms with Crippen LogP contribution in [0.1, 0.15) is 44.0 Å². The summed E-state index contributed by atoms with van der Waals surface area (Å²) in [6.45, 7) is 6.41. The Labute approximate surface area is 235 Å². The average Bonchev–Trinajstić information content (AvgIpc) is 3.37. The number of H-pyrrole nitrogens is 1. The van der Waals surface area contributed by atoms with Gasteiger partial charge in [-0.1, -0.05) is 12.1 Å².